The maximum atomic E-state index is 12.1. The van der Waals surface area contributed by atoms with Crippen LogP contribution in [0.15, 0.2) is 36.5 Å². The van der Waals surface area contributed by atoms with Crippen LogP contribution in [0.4, 0.5) is 0 Å². The topological polar surface area (TPSA) is 52.0 Å². The molecular weight excluding hydrogens is 240 g/mol. The minimum Gasteiger partial charge on any atom is -0.294 e. The first-order chi connectivity index (χ1) is 9.11. The van der Waals surface area contributed by atoms with E-state index in [1.165, 1.54) is 0 Å². The number of carbonyl (C=O) groups is 2. The lowest BCUT2D eigenvalue weighted by Crippen LogP contribution is -2.09. The Morgan fingerprint density at radius 3 is 2.47 bits per heavy atom. The molecule has 0 amide bonds. The van der Waals surface area contributed by atoms with Crippen LogP contribution in [0.5, 0.6) is 0 Å². The zero-order chi connectivity index (χ0) is 13.8. The largest absolute Gasteiger partial charge is 0.294 e. The lowest BCUT2D eigenvalue weighted by molar-refractivity contribution is 0.0894. The molecule has 0 aliphatic heterocycles. The smallest absolute Gasteiger partial charge is 0.174 e. The number of rotatable bonds is 5. The second-order valence-corrected chi connectivity index (χ2v) is 4.41. The third-order valence-electron chi connectivity index (χ3n) is 2.96. The van der Waals surface area contributed by atoms with Gasteiger partial charge in [0.05, 0.1) is 17.7 Å². The number of ketones is 2. The van der Waals surface area contributed by atoms with E-state index in [9.17, 15) is 9.59 Å². The quantitative estimate of drug-likeness (QED) is 0.610. The van der Waals surface area contributed by atoms with Gasteiger partial charge in [0.2, 0.25) is 0 Å². The average Bonchev–Trinajstić information content (AvgIpc) is 2.81. The first-order valence-electron chi connectivity index (χ1n) is 6.25. The number of Topliss-reactive ketones (excluding diaryl/α,β-unsaturated/α-hetero) is 2. The Balaban J connectivity index is 2.15. The predicted octanol–water partition coefficient (Wildman–Crippen LogP) is 2.44. The van der Waals surface area contributed by atoms with Crippen molar-refractivity contribution in [3.05, 3.63) is 53.3 Å². The van der Waals surface area contributed by atoms with Gasteiger partial charge in [-0.15, -0.1) is 0 Å². The Morgan fingerprint density at radius 1 is 1.16 bits per heavy atom. The van der Waals surface area contributed by atoms with Crippen LogP contribution in [0.2, 0.25) is 0 Å². The molecule has 2 rings (SSSR count). The van der Waals surface area contributed by atoms with Gasteiger partial charge in [0.25, 0.3) is 0 Å². The van der Waals surface area contributed by atoms with E-state index in [4.69, 9.17) is 0 Å². The lowest BCUT2D eigenvalue weighted by atomic mass is 10.0. The van der Waals surface area contributed by atoms with Gasteiger partial charge in [0.15, 0.2) is 11.6 Å². The Morgan fingerprint density at radius 2 is 1.84 bits per heavy atom. The molecule has 0 saturated carbocycles. The van der Waals surface area contributed by atoms with Crippen LogP contribution in [0.3, 0.4) is 0 Å². The molecule has 0 atom stereocenters. The van der Waals surface area contributed by atoms with Crippen molar-refractivity contribution in [1.29, 1.82) is 0 Å². The van der Waals surface area contributed by atoms with E-state index in [0.717, 1.165) is 5.69 Å². The molecule has 0 radical (unpaired) electrons. The Kier molecular flexibility index (Phi) is 3.90. The molecule has 0 N–H and O–H groups in total. The predicted molar refractivity (Wildman–Crippen MR) is 72.3 cm³/mol. The van der Waals surface area contributed by atoms with E-state index in [1.807, 2.05) is 13.0 Å². The molecule has 0 bridgehead atoms. The van der Waals surface area contributed by atoms with Crippen LogP contribution < -0.4 is 0 Å². The van der Waals surface area contributed by atoms with Gasteiger partial charge in [-0.3, -0.25) is 14.3 Å². The van der Waals surface area contributed by atoms with Gasteiger partial charge in [0, 0.05) is 18.8 Å². The van der Waals surface area contributed by atoms with Gasteiger partial charge in [-0.05, 0) is 6.42 Å². The zero-order valence-electron chi connectivity index (χ0n) is 11.1. The number of hydrogen-bond acceptors (Lipinski definition) is 3. The fraction of sp³-hybridized carbons (Fsp3) is 0.267. The Labute approximate surface area is 112 Å². The molecule has 0 fully saturated rings. The summed E-state index contributed by atoms with van der Waals surface area (Å²) in [6.07, 6.45) is 2.25. The van der Waals surface area contributed by atoms with Crippen molar-refractivity contribution in [2.24, 2.45) is 7.05 Å². The van der Waals surface area contributed by atoms with Crippen LogP contribution >= 0.6 is 0 Å². The molecule has 2 aromatic rings. The molecule has 0 unspecified atom stereocenters. The highest BCUT2D eigenvalue weighted by Crippen LogP contribution is 2.12. The number of carbonyl (C=O) groups excluding carboxylic acids is 2. The summed E-state index contributed by atoms with van der Waals surface area (Å²) in [5.41, 5.74) is 1.86. The monoisotopic (exact) mass is 256 g/mol. The van der Waals surface area contributed by atoms with E-state index in [1.54, 1.807) is 42.2 Å². The van der Waals surface area contributed by atoms with Gasteiger partial charge in [-0.1, -0.05) is 37.3 Å². The number of benzene rings is 1. The van der Waals surface area contributed by atoms with E-state index >= 15 is 0 Å². The minimum atomic E-state index is -0.168. The van der Waals surface area contributed by atoms with Crippen molar-refractivity contribution in [3.8, 4) is 0 Å². The molecule has 0 aliphatic carbocycles. The van der Waals surface area contributed by atoms with Crippen molar-refractivity contribution in [3.63, 3.8) is 0 Å². The SMILES string of the molecule is CCc1nn(C)cc1C(=O)CC(=O)c1ccccc1. The maximum Gasteiger partial charge on any atom is 0.174 e. The van der Waals surface area contributed by atoms with Gasteiger partial charge < -0.3 is 0 Å². The van der Waals surface area contributed by atoms with Crippen LogP contribution in [0.25, 0.3) is 0 Å². The molecule has 4 heteroatoms. The Hall–Kier alpha value is -2.23. The highest BCUT2D eigenvalue weighted by Gasteiger charge is 2.18. The number of aryl methyl sites for hydroxylation is 2. The first kappa shape index (κ1) is 13.2. The number of aromatic nitrogens is 2. The molecule has 19 heavy (non-hydrogen) atoms. The minimum absolute atomic E-state index is 0.108. The zero-order valence-corrected chi connectivity index (χ0v) is 11.1. The molecule has 0 aliphatic rings. The second-order valence-electron chi connectivity index (χ2n) is 4.41. The molecule has 1 aromatic heterocycles. The lowest BCUT2D eigenvalue weighted by Gasteiger charge is -2.00. The second kappa shape index (κ2) is 5.61. The number of nitrogens with zero attached hydrogens (tertiary/aromatic N) is 2. The van der Waals surface area contributed by atoms with E-state index in [-0.39, 0.29) is 18.0 Å². The molecule has 1 aromatic carbocycles. The van der Waals surface area contributed by atoms with Crippen molar-refractivity contribution < 1.29 is 9.59 Å². The summed E-state index contributed by atoms with van der Waals surface area (Å²) >= 11 is 0. The summed E-state index contributed by atoms with van der Waals surface area (Å²) in [5, 5.41) is 4.21. The van der Waals surface area contributed by atoms with Crippen LogP contribution in [0.1, 0.15) is 39.8 Å². The summed E-state index contributed by atoms with van der Waals surface area (Å²) in [4.78, 5) is 24.1. The van der Waals surface area contributed by atoms with E-state index in [2.05, 4.69) is 5.10 Å². The normalized spacial score (nSPS) is 10.4. The standard InChI is InChI=1S/C15H16N2O2/c1-3-13-12(10-17(2)16-13)15(19)9-14(18)11-7-5-4-6-8-11/h4-8,10H,3,9H2,1-2H3. The molecule has 4 nitrogen and oxygen atoms in total. The third kappa shape index (κ3) is 2.96. The van der Waals surface area contributed by atoms with Gasteiger partial charge in [-0.2, -0.15) is 5.10 Å². The highest BCUT2D eigenvalue weighted by molar-refractivity contribution is 6.13. The van der Waals surface area contributed by atoms with Crippen LogP contribution in [0, 0.1) is 0 Å². The highest BCUT2D eigenvalue weighted by atomic mass is 16.1. The van der Waals surface area contributed by atoms with Crippen LogP contribution in [-0.2, 0) is 13.5 Å². The van der Waals surface area contributed by atoms with Crippen molar-refractivity contribution >= 4 is 11.6 Å². The third-order valence-corrected chi connectivity index (χ3v) is 2.96. The van der Waals surface area contributed by atoms with Crippen molar-refractivity contribution in [2.45, 2.75) is 19.8 Å². The summed E-state index contributed by atoms with van der Waals surface area (Å²) in [6, 6.07) is 8.87. The summed E-state index contributed by atoms with van der Waals surface area (Å²) in [6.45, 7) is 1.94. The van der Waals surface area contributed by atoms with Crippen molar-refractivity contribution in [2.75, 3.05) is 0 Å². The molecule has 1 heterocycles. The van der Waals surface area contributed by atoms with E-state index < -0.39 is 0 Å². The van der Waals surface area contributed by atoms with E-state index in [0.29, 0.717) is 17.5 Å². The maximum absolute atomic E-state index is 12.1. The summed E-state index contributed by atoms with van der Waals surface area (Å²) < 4.78 is 1.61. The van der Waals surface area contributed by atoms with Gasteiger partial charge in [-0.25, -0.2) is 0 Å². The molecule has 0 saturated heterocycles. The molecular formula is C15H16N2O2. The number of hydrogen-bond donors (Lipinski definition) is 0. The molecule has 98 valence electrons. The fourth-order valence-corrected chi connectivity index (χ4v) is 2.00. The van der Waals surface area contributed by atoms with Crippen LogP contribution in [-0.4, -0.2) is 21.3 Å². The Bertz CT molecular complexity index is 600. The summed E-state index contributed by atoms with van der Waals surface area (Å²) in [5.74, 6) is -0.324. The van der Waals surface area contributed by atoms with Gasteiger partial charge >= 0.3 is 0 Å². The summed E-state index contributed by atoms with van der Waals surface area (Å²) in [7, 11) is 1.77. The first-order valence-corrected chi connectivity index (χ1v) is 6.25. The van der Waals surface area contributed by atoms with Gasteiger partial charge in [0.1, 0.15) is 0 Å². The average molecular weight is 256 g/mol. The van der Waals surface area contributed by atoms with Crippen molar-refractivity contribution in [1.82, 2.24) is 9.78 Å². The molecule has 0 spiro atoms. The fourth-order valence-electron chi connectivity index (χ4n) is 2.00.